The SMILES string of the molecule is COc1ccc(C2/C(=C(\O)c3ccc(F)cc3)C(=O)C(=O)N2c2ccc(F)cc2)cc1. The Morgan fingerprint density at radius 3 is 1.97 bits per heavy atom. The van der Waals surface area contributed by atoms with E-state index in [2.05, 4.69) is 0 Å². The van der Waals surface area contributed by atoms with Crippen LogP contribution >= 0.6 is 0 Å². The van der Waals surface area contributed by atoms with Crippen molar-refractivity contribution >= 4 is 23.1 Å². The van der Waals surface area contributed by atoms with Crippen LogP contribution in [-0.2, 0) is 9.59 Å². The molecule has 1 amide bonds. The number of hydrogen-bond donors (Lipinski definition) is 1. The van der Waals surface area contributed by atoms with Crippen LogP contribution in [-0.4, -0.2) is 23.9 Å². The molecule has 4 rings (SSSR count). The first-order valence-corrected chi connectivity index (χ1v) is 9.37. The number of carbonyl (C=O) groups is 2. The molecule has 1 N–H and O–H groups in total. The third-order valence-electron chi connectivity index (χ3n) is 5.10. The quantitative estimate of drug-likeness (QED) is 0.380. The van der Waals surface area contributed by atoms with E-state index < -0.39 is 35.1 Å². The number of ether oxygens (including phenoxy) is 1. The molecule has 5 nitrogen and oxygen atoms in total. The minimum atomic E-state index is -0.971. The number of aliphatic hydroxyl groups excluding tert-OH is 1. The number of hydrogen-bond acceptors (Lipinski definition) is 4. The van der Waals surface area contributed by atoms with Gasteiger partial charge in [-0.25, -0.2) is 8.78 Å². The number of benzene rings is 3. The second-order valence-corrected chi connectivity index (χ2v) is 6.93. The topological polar surface area (TPSA) is 66.8 Å². The van der Waals surface area contributed by atoms with E-state index in [0.717, 1.165) is 12.1 Å². The van der Waals surface area contributed by atoms with Crippen molar-refractivity contribution in [2.75, 3.05) is 12.0 Å². The molecular weight excluding hydrogens is 404 g/mol. The van der Waals surface area contributed by atoms with Gasteiger partial charge in [-0.15, -0.1) is 0 Å². The molecule has 1 saturated heterocycles. The lowest BCUT2D eigenvalue weighted by atomic mass is 9.95. The van der Waals surface area contributed by atoms with Crippen LogP contribution in [0.4, 0.5) is 14.5 Å². The Morgan fingerprint density at radius 2 is 1.42 bits per heavy atom. The molecule has 1 unspecified atom stereocenters. The lowest BCUT2D eigenvalue weighted by Gasteiger charge is -2.25. The number of amides is 1. The minimum absolute atomic E-state index is 0.147. The maximum Gasteiger partial charge on any atom is 0.300 e. The van der Waals surface area contributed by atoms with E-state index in [1.165, 1.54) is 48.4 Å². The molecule has 1 atom stereocenters. The summed E-state index contributed by atoms with van der Waals surface area (Å²) in [4.78, 5) is 27.1. The van der Waals surface area contributed by atoms with E-state index >= 15 is 0 Å². The predicted octanol–water partition coefficient (Wildman–Crippen LogP) is 4.60. The van der Waals surface area contributed by atoms with E-state index in [1.54, 1.807) is 24.3 Å². The van der Waals surface area contributed by atoms with Crippen LogP contribution in [0, 0.1) is 11.6 Å². The smallest absolute Gasteiger partial charge is 0.300 e. The highest BCUT2D eigenvalue weighted by atomic mass is 19.1. The van der Waals surface area contributed by atoms with Gasteiger partial charge in [0.2, 0.25) is 0 Å². The molecule has 0 aliphatic carbocycles. The summed E-state index contributed by atoms with van der Waals surface area (Å²) >= 11 is 0. The molecule has 31 heavy (non-hydrogen) atoms. The predicted molar refractivity (Wildman–Crippen MR) is 111 cm³/mol. The van der Waals surface area contributed by atoms with Crippen molar-refractivity contribution in [1.82, 2.24) is 0 Å². The molecular formula is C24H17F2NO4. The Bertz CT molecular complexity index is 1170. The van der Waals surface area contributed by atoms with E-state index in [0.29, 0.717) is 17.0 Å². The summed E-state index contributed by atoms with van der Waals surface area (Å²) in [7, 11) is 1.51. The highest BCUT2D eigenvalue weighted by Crippen LogP contribution is 2.42. The lowest BCUT2D eigenvalue weighted by molar-refractivity contribution is -0.132. The van der Waals surface area contributed by atoms with Crippen LogP contribution in [0.15, 0.2) is 78.4 Å². The van der Waals surface area contributed by atoms with Gasteiger partial charge in [-0.2, -0.15) is 0 Å². The number of Topliss-reactive ketones (excluding diaryl/α,β-unsaturated/α-hetero) is 1. The van der Waals surface area contributed by atoms with Crippen molar-refractivity contribution in [3.8, 4) is 5.75 Å². The fraction of sp³-hybridized carbons (Fsp3) is 0.0833. The van der Waals surface area contributed by atoms with Gasteiger partial charge < -0.3 is 9.84 Å². The van der Waals surface area contributed by atoms with Crippen LogP contribution < -0.4 is 9.64 Å². The van der Waals surface area contributed by atoms with Gasteiger partial charge >= 0.3 is 0 Å². The molecule has 1 aliphatic heterocycles. The fourth-order valence-corrected chi connectivity index (χ4v) is 3.57. The van der Waals surface area contributed by atoms with Crippen molar-refractivity contribution < 1.29 is 28.2 Å². The van der Waals surface area contributed by atoms with Gasteiger partial charge in [0.25, 0.3) is 11.7 Å². The maximum atomic E-state index is 13.4. The van der Waals surface area contributed by atoms with Gasteiger partial charge in [0.15, 0.2) is 0 Å². The molecule has 1 heterocycles. The molecule has 0 radical (unpaired) electrons. The Morgan fingerprint density at radius 1 is 0.871 bits per heavy atom. The van der Waals surface area contributed by atoms with Crippen molar-refractivity contribution in [2.24, 2.45) is 0 Å². The van der Waals surface area contributed by atoms with E-state index in [1.807, 2.05) is 0 Å². The normalized spacial score (nSPS) is 17.8. The second kappa shape index (κ2) is 8.02. The zero-order valence-electron chi connectivity index (χ0n) is 16.4. The van der Waals surface area contributed by atoms with Crippen molar-refractivity contribution in [2.45, 2.75) is 6.04 Å². The molecule has 0 spiro atoms. The number of halogens is 2. The molecule has 156 valence electrons. The largest absolute Gasteiger partial charge is 0.507 e. The van der Waals surface area contributed by atoms with Crippen LogP contribution in [0.2, 0.25) is 0 Å². The summed E-state index contributed by atoms with van der Waals surface area (Å²) in [5, 5.41) is 10.9. The summed E-state index contributed by atoms with van der Waals surface area (Å²) in [6, 6.07) is 15.8. The molecule has 0 saturated carbocycles. The average Bonchev–Trinajstić information content (AvgIpc) is 3.05. The highest BCUT2D eigenvalue weighted by Gasteiger charge is 2.46. The number of methoxy groups -OCH3 is 1. The molecule has 3 aromatic rings. The van der Waals surface area contributed by atoms with Crippen LogP contribution in [0.3, 0.4) is 0 Å². The summed E-state index contributed by atoms with van der Waals surface area (Å²) in [6.07, 6.45) is 0. The highest BCUT2D eigenvalue weighted by molar-refractivity contribution is 6.51. The van der Waals surface area contributed by atoms with E-state index in [4.69, 9.17) is 4.74 Å². The van der Waals surface area contributed by atoms with E-state index in [9.17, 15) is 23.5 Å². The van der Waals surface area contributed by atoms with Crippen LogP contribution in [0.1, 0.15) is 17.2 Å². The van der Waals surface area contributed by atoms with Gasteiger partial charge in [-0.1, -0.05) is 12.1 Å². The molecule has 1 fully saturated rings. The third-order valence-corrected chi connectivity index (χ3v) is 5.10. The third kappa shape index (κ3) is 3.66. The summed E-state index contributed by atoms with van der Waals surface area (Å²) in [5.74, 6) is -2.62. The monoisotopic (exact) mass is 421 g/mol. The first-order valence-electron chi connectivity index (χ1n) is 9.37. The zero-order chi connectivity index (χ0) is 22.1. The molecule has 3 aromatic carbocycles. The van der Waals surface area contributed by atoms with Crippen molar-refractivity contribution in [1.29, 1.82) is 0 Å². The summed E-state index contributed by atoms with van der Waals surface area (Å²) < 4.78 is 31.9. The lowest BCUT2D eigenvalue weighted by Crippen LogP contribution is -2.29. The molecule has 0 aromatic heterocycles. The number of carbonyl (C=O) groups excluding carboxylic acids is 2. The first kappa shape index (κ1) is 20.3. The fourth-order valence-electron chi connectivity index (χ4n) is 3.57. The standard InChI is InChI=1S/C24H17F2NO4/c1-31-19-12-4-14(5-13-19)21-20(22(28)15-2-6-16(25)7-3-15)23(29)24(30)27(21)18-10-8-17(26)9-11-18/h2-13,21,28H,1H3/b22-20+. The summed E-state index contributed by atoms with van der Waals surface area (Å²) in [5.41, 5.74) is 0.874. The first-order chi connectivity index (χ1) is 14.9. The number of ketones is 1. The van der Waals surface area contributed by atoms with Gasteiger partial charge in [0, 0.05) is 11.3 Å². The number of aliphatic hydroxyl groups is 1. The number of rotatable bonds is 4. The molecule has 0 bridgehead atoms. The van der Waals surface area contributed by atoms with Crippen molar-refractivity contribution in [3.05, 3.63) is 101 Å². The van der Waals surface area contributed by atoms with Crippen LogP contribution in [0.25, 0.3) is 5.76 Å². The Hall–Kier alpha value is -4.00. The zero-order valence-corrected chi connectivity index (χ0v) is 16.4. The van der Waals surface area contributed by atoms with Gasteiger partial charge in [0.1, 0.15) is 23.1 Å². The molecule has 1 aliphatic rings. The number of nitrogens with zero attached hydrogens (tertiary/aromatic N) is 1. The van der Waals surface area contributed by atoms with Gasteiger partial charge in [0.05, 0.1) is 18.7 Å². The average molecular weight is 421 g/mol. The maximum absolute atomic E-state index is 13.4. The summed E-state index contributed by atoms with van der Waals surface area (Å²) in [6.45, 7) is 0. The Labute approximate surface area is 176 Å². The van der Waals surface area contributed by atoms with E-state index in [-0.39, 0.29) is 11.1 Å². The van der Waals surface area contributed by atoms with Crippen molar-refractivity contribution in [3.63, 3.8) is 0 Å². The minimum Gasteiger partial charge on any atom is -0.507 e. The Balaban J connectivity index is 1.92. The molecule has 7 heteroatoms. The van der Waals surface area contributed by atoms with Gasteiger partial charge in [-0.05, 0) is 66.2 Å². The van der Waals surface area contributed by atoms with Crippen LogP contribution in [0.5, 0.6) is 5.75 Å². The Kier molecular flexibility index (Phi) is 5.25. The number of anilines is 1. The van der Waals surface area contributed by atoms with Gasteiger partial charge in [-0.3, -0.25) is 14.5 Å². The second-order valence-electron chi connectivity index (χ2n) is 6.93.